The van der Waals surface area contributed by atoms with E-state index < -0.39 is 8.30 Å². The number of hydrogen-bond donors (Lipinski definition) is 0. The van der Waals surface area contributed by atoms with E-state index in [2.05, 4.69) is 46.2 Å². The minimum absolute atomic E-state index is 0.426. The van der Waals surface area contributed by atoms with Crippen LogP contribution in [-0.2, 0) is 4.52 Å². The number of hydrogen-bond acceptors (Lipinski definition) is 2. The Bertz CT molecular complexity index is 129. The molecule has 0 amide bonds. The van der Waals surface area contributed by atoms with E-state index in [1.807, 2.05) is 7.11 Å². The second kappa shape index (κ2) is 5.95. The molecule has 0 fully saturated rings. The first kappa shape index (κ1) is 13.4. The van der Waals surface area contributed by atoms with Gasteiger partial charge in [0.05, 0.1) is 0 Å². The monoisotopic (exact) mass is 205 g/mol. The Balaban J connectivity index is 4.49. The van der Waals surface area contributed by atoms with Crippen LogP contribution in [-0.4, -0.2) is 29.5 Å². The number of rotatable bonds is 5. The first-order chi connectivity index (χ1) is 5.91. The van der Waals surface area contributed by atoms with Gasteiger partial charge < -0.3 is 4.52 Å². The van der Waals surface area contributed by atoms with Gasteiger partial charge >= 0.3 is 0 Å². The smallest absolute Gasteiger partial charge is 0.106 e. The molecular formula is C10H24NOP. The molecule has 0 aliphatic carbocycles. The van der Waals surface area contributed by atoms with E-state index in [-0.39, 0.29) is 0 Å². The van der Waals surface area contributed by atoms with Crippen LogP contribution in [0.2, 0.25) is 0 Å². The molecule has 0 aromatic rings. The summed E-state index contributed by atoms with van der Waals surface area (Å²) in [4.78, 5) is 0. The van der Waals surface area contributed by atoms with Crippen molar-refractivity contribution in [1.29, 1.82) is 0 Å². The predicted octanol–water partition coefficient (Wildman–Crippen LogP) is 3.47. The van der Waals surface area contributed by atoms with Crippen LogP contribution in [0.4, 0.5) is 0 Å². The first-order valence-corrected chi connectivity index (χ1v) is 6.31. The van der Waals surface area contributed by atoms with Gasteiger partial charge in [-0.3, -0.25) is 4.67 Å². The van der Waals surface area contributed by atoms with Gasteiger partial charge in [0.25, 0.3) is 0 Å². The first-order valence-electron chi connectivity index (χ1n) is 5.03. The topological polar surface area (TPSA) is 12.5 Å². The molecule has 0 aromatic carbocycles. The summed E-state index contributed by atoms with van der Waals surface area (Å²) in [6.07, 6.45) is 0. The zero-order valence-electron chi connectivity index (χ0n) is 10.0. The molecule has 3 heteroatoms. The highest BCUT2D eigenvalue weighted by Gasteiger charge is 2.26. The lowest BCUT2D eigenvalue weighted by molar-refractivity contribution is 0.276. The zero-order chi connectivity index (χ0) is 10.6. The van der Waals surface area contributed by atoms with Crippen LogP contribution in [0, 0.1) is 0 Å². The SMILES string of the molecule is COP(C(C)C)N(C(C)C)C(C)C. The summed E-state index contributed by atoms with van der Waals surface area (Å²) in [5, 5.41) is 0. The average Bonchev–Trinajstić information content (AvgIpc) is 1.97. The molecule has 0 heterocycles. The van der Waals surface area contributed by atoms with Crippen molar-refractivity contribution in [2.24, 2.45) is 0 Å². The summed E-state index contributed by atoms with van der Waals surface area (Å²) in [5.41, 5.74) is 0.602. The van der Waals surface area contributed by atoms with E-state index in [4.69, 9.17) is 4.52 Å². The van der Waals surface area contributed by atoms with Gasteiger partial charge in [0.1, 0.15) is 8.30 Å². The second-order valence-corrected chi connectivity index (χ2v) is 6.61. The van der Waals surface area contributed by atoms with Gasteiger partial charge in [-0.1, -0.05) is 13.8 Å². The highest BCUT2D eigenvalue weighted by molar-refractivity contribution is 7.50. The molecule has 80 valence electrons. The Morgan fingerprint density at radius 2 is 1.31 bits per heavy atom. The Kier molecular flexibility index (Phi) is 6.11. The molecule has 0 rings (SSSR count). The molecule has 0 radical (unpaired) electrons. The summed E-state index contributed by atoms with van der Waals surface area (Å²) in [6.45, 7) is 13.4. The predicted molar refractivity (Wildman–Crippen MR) is 61.2 cm³/mol. The van der Waals surface area contributed by atoms with Crippen LogP contribution in [0.5, 0.6) is 0 Å². The lowest BCUT2D eigenvalue weighted by Crippen LogP contribution is -2.34. The Morgan fingerprint density at radius 3 is 1.38 bits per heavy atom. The minimum atomic E-state index is -0.426. The fourth-order valence-electron chi connectivity index (χ4n) is 1.62. The van der Waals surface area contributed by atoms with Gasteiger partial charge in [-0.15, -0.1) is 0 Å². The van der Waals surface area contributed by atoms with Gasteiger partial charge in [-0.05, 0) is 27.7 Å². The summed E-state index contributed by atoms with van der Waals surface area (Å²) in [5.74, 6) is 0. The highest BCUT2D eigenvalue weighted by Crippen LogP contribution is 2.47. The summed E-state index contributed by atoms with van der Waals surface area (Å²) in [6, 6.07) is 1.13. The molecule has 0 aromatic heterocycles. The van der Waals surface area contributed by atoms with Crippen molar-refractivity contribution in [3.8, 4) is 0 Å². The molecule has 1 unspecified atom stereocenters. The van der Waals surface area contributed by atoms with Crippen molar-refractivity contribution in [2.45, 2.75) is 59.3 Å². The van der Waals surface area contributed by atoms with Crippen molar-refractivity contribution in [3.63, 3.8) is 0 Å². The van der Waals surface area contributed by atoms with E-state index in [0.717, 1.165) is 0 Å². The van der Waals surface area contributed by atoms with E-state index in [1.54, 1.807) is 0 Å². The second-order valence-electron chi connectivity index (χ2n) is 4.15. The third-order valence-electron chi connectivity index (χ3n) is 1.91. The maximum absolute atomic E-state index is 5.59. The Labute approximate surface area is 84.5 Å². The maximum atomic E-state index is 5.59. The average molecular weight is 205 g/mol. The molecule has 2 nitrogen and oxygen atoms in total. The third kappa shape index (κ3) is 3.93. The quantitative estimate of drug-likeness (QED) is 0.637. The van der Waals surface area contributed by atoms with Crippen molar-refractivity contribution in [1.82, 2.24) is 4.67 Å². The fraction of sp³-hybridized carbons (Fsp3) is 1.00. The normalized spacial score (nSPS) is 15.0. The van der Waals surface area contributed by atoms with E-state index in [9.17, 15) is 0 Å². The molecule has 0 aliphatic heterocycles. The van der Waals surface area contributed by atoms with Crippen LogP contribution in [0.15, 0.2) is 0 Å². The lowest BCUT2D eigenvalue weighted by atomic mass is 10.3. The molecule has 0 saturated heterocycles. The maximum Gasteiger partial charge on any atom is 0.106 e. The molecular weight excluding hydrogens is 181 g/mol. The van der Waals surface area contributed by atoms with Gasteiger partial charge in [-0.25, -0.2) is 0 Å². The molecule has 1 atom stereocenters. The number of nitrogens with zero attached hydrogens (tertiary/aromatic N) is 1. The van der Waals surface area contributed by atoms with Gasteiger partial charge in [0.2, 0.25) is 0 Å². The molecule has 0 N–H and O–H groups in total. The van der Waals surface area contributed by atoms with Crippen LogP contribution in [0.25, 0.3) is 0 Å². The lowest BCUT2D eigenvalue weighted by Gasteiger charge is -2.38. The Morgan fingerprint density at radius 1 is 0.923 bits per heavy atom. The minimum Gasteiger partial charge on any atom is -0.346 e. The third-order valence-corrected chi connectivity index (χ3v) is 4.55. The van der Waals surface area contributed by atoms with E-state index in [0.29, 0.717) is 17.7 Å². The molecule has 0 saturated carbocycles. The van der Waals surface area contributed by atoms with Gasteiger partial charge in [0.15, 0.2) is 0 Å². The molecule has 13 heavy (non-hydrogen) atoms. The van der Waals surface area contributed by atoms with E-state index >= 15 is 0 Å². The molecule has 0 aliphatic rings. The standard InChI is InChI=1S/C10H24NOP/c1-8(2)11(9(3)4)13(12-7)10(5)6/h8-10H,1-7H3. The van der Waals surface area contributed by atoms with Crippen LogP contribution in [0.1, 0.15) is 41.5 Å². The molecule has 0 bridgehead atoms. The highest BCUT2D eigenvalue weighted by atomic mass is 31.2. The summed E-state index contributed by atoms with van der Waals surface area (Å²) >= 11 is 0. The summed E-state index contributed by atoms with van der Waals surface area (Å²) < 4.78 is 8.06. The fourth-order valence-corrected chi connectivity index (χ4v) is 3.68. The van der Waals surface area contributed by atoms with Crippen LogP contribution >= 0.6 is 8.30 Å². The van der Waals surface area contributed by atoms with Crippen molar-refractivity contribution in [2.75, 3.05) is 7.11 Å². The largest absolute Gasteiger partial charge is 0.346 e. The summed E-state index contributed by atoms with van der Waals surface area (Å²) in [7, 11) is 1.40. The van der Waals surface area contributed by atoms with Crippen molar-refractivity contribution in [3.05, 3.63) is 0 Å². The van der Waals surface area contributed by atoms with Crippen molar-refractivity contribution < 1.29 is 4.52 Å². The van der Waals surface area contributed by atoms with Gasteiger partial charge in [0, 0.05) is 24.9 Å². The van der Waals surface area contributed by atoms with Crippen molar-refractivity contribution >= 4 is 8.30 Å². The van der Waals surface area contributed by atoms with E-state index in [1.165, 1.54) is 0 Å². The van der Waals surface area contributed by atoms with Gasteiger partial charge in [-0.2, -0.15) is 0 Å². The Hall–Kier alpha value is 0.350. The van der Waals surface area contributed by atoms with Crippen LogP contribution in [0.3, 0.4) is 0 Å². The zero-order valence-corrected chi connectivity index (χ0v) is 10.9. The van der Waals surface area contributed by atoms with Crippen LogP contribution < -0.4 is 0 Å². The molecule has 0 spiro atoms.